The molecule has 1 aliphatic heterocycles. The third kappa shape index (κ3) is 2.45. The molecular formula is C14H15N3O3. The molecule has 3 rings (SSSR count). The summed E-state index contributed by atoms with van der Waals surface area (Å²) in [6.07, 6.45) is 2.99. The molecule has 0 fully saturated rings. The van der Waals surface area contributed by atoms with E-state index >= 15 is 0 Å². The fourth-order valence-corrected chi connectivity index (χ4v) is 2.10. The van der Waals surface area contributed by atoms with Crippen molar-refractivity contribution in [1.29, 1.82) is 0 Å². The number of aromatic amines is 1. The number of fused-ring (bicyclic) bond motifs is 1. The maximum atomic E-state index is 12.1. The van der Waals surface area contributed by atoms with Gasteiger partial charge in [0.25, 0.3) is 5.91 Å². The minimum atomic E-state index is -0.186. The van der Waals surface area contributed by atoms with E-state index in [-0.39, 0.29) is 12.0 Å². The Morgan fingerprint density at radius 1 is 1.45 bits per heavy atom. The van der Waals surface area contributed by atoms with Gasteiger partial charge < -0.3 is 19.4 Å². The minimum Gasteiger partial charge on any atom is -0.486 e. The van der Waals surface area contributed by atoms with Crippen molar-refractivity contribution in [2.24, 2.45) is 0 Å². The van der Waals surface area contributed by atoms with Crippen molar-refractivity contribution in [3.8, 4) is 11.5 Å². The molecule has 0 saturated heterocycles. The first kappa shape index (κ1) is 12.5. The van der Waals surface area contributed by atoms with Crippen LogP contribution in [0.25, 0.3) is 0 Å². The van der Waals surface area contributed by atoms with Gasteiger partial charge in [0.1, 0.15) is 6.61 Å². The molecule has 1 atom stereocenters. The summed E-state index contributed by atoms with van der Waals surface area (Å²) in [5, 5.41) is 0. The molecule has 6 heteroatoms. The standard InChI is InChI=1S/C14H15N3O3/c1-17(14(18)13-15-6-7-16-13)8-10-9-19-11-4-2-3-5-12(11)20-10/h2-7,10H,8-9H2,1H3,(H,15,16). The molecule has 2 aromatic rings. The smallest absolute Gasteiger partial charge is 0.289 e. The largest absolute Gasteiger partial charge is 0.486 e. The molecule has 1 amide bonds. The summed E-state index contributed by atoms with van der Waals surface area (Å²) in [5.41, 5.74) is 0. The van der Waals surface area contributed by atoms with Gasteiger partial charge in [0.15, 0.2) is 23.4 Å². The predicted octanol–water partition coefficient (Wildman–Crippen LogP) is 1.32. The molecule has 1 aromatic carbocycles. The number of aromatic nitrogens is 2. The molecule has 6 nitrogen and oxygen atoms in total. The van der Waals surface area contributed by atoms with Gasteiger partial charge in [-0.15, -0.1) is 0 Å². The highest BCUT2D eigenvalue weighted by Crippen LogP contribution is 2.30. The van der Waals surface area contributed by atoms with Crippen LogP contribution in [0.2, 0.25) is 0 Å². The number of ether oxygens (including phenoxy) is 2. The number of carbonyl (C=O) groups excluding carboxylic acids is 1. The molecule has 2 heterocycles. The van der Waals surface area contributed by atoms with Crippen LogP contribution in [0, 0.1) is 0 Å². The Hall–Kier alpha value is -2.50. The summed E-state index contributed by atoms with van der Waals surface area (Å²) in [4.78, 5) is 20.4. The van der Waals surface area contributed by atoms with Gasteiger partial charge in [0.2, 0.25) is 0 Å². The molecule has 1 unspecified atom stereocenters. The monoisotopic (exact) mass is 273 g/mol. The fraction of sp³-hybridized carbons (Fsp3) is 0.286. The summed E-state index contributed by atoms with van der Waals surface area (Å²) in [6, 6.07) is 7.51. The summed E-state index contributed by atoms with van der Waals surface area (Å²) in [6.45, 7) is 0.862. The van der Waals surface area contributed by atoms with E-state index in [1.54, 1.807) is 24.3 Å². The maximum Gasteiger partial charge on any atom is 0.289 e. The summed E-state index contributed by atoms with van der Waals surface area (Å²) in [7, 11) is 1.72. The van der Waals surface area contributed by atoms with Crippen LogP contribution in [0.3, 0.4) is 0 Å². The van der Waals surface area contributed by atoms with Crippen LogP contribution in [0.5, 0.6) is 11.5 Å². The maximum absolute atomic E-state index is 12.1. The van der Waals surface area contributed by atoms with Gasteiger partial charge in [-0.2, -0.15) is 0 Å². The highest BCUT2D eigenvalue weighted by atomic mass is 16.6. The molecule has 104 valence electrons. The van der Waals surface area contributed by atoms with Gasteiger partial charge in [-0.25, -0.2) is 4.98 Å². The third-order valence-electron chi connectivity index (χ3n) is 3.09. The van der Waals surface area contributed by atoms with Gasteiger partial charge in [0, 0.05) is 19.4 Å². The van der Waals surface area contributed by atoms with E-state index in [0.29, 0.717) is 24.7 Å². The SMILES string of the molecule is CN(CC1COc2ccccc2O1)C(=O)c1ncc[nH]1. The predicted molar refractivity (Wildman–Crippen MR) is 71.9 cm³/mol. The second-order valence-corrected chi connectivity index (χ2v) is 4.62. The van der Waals surface area contributed by atoms with Gasteiger partial charge in [0.05, 0.1) is 6.54 Å². The van der Waals surface area contributed by atoms with Gasteiger partial charge in [-0.1, -0.05) is 12.1 Å². The zero-order valence-corrected chi connectivity index (χ0v) is 11.1. The Labute approximate surface area is 116 Å². The van der Waals surface area contributed by atoms with Crippen LogP contribution >= 0.6 is 0 Å². The average molecular weight is 273 g/mol. The van der Waals surface area contributed by atoms with E-state index in [0.717, 1.165) is 5.75 Å². The number of hydrogen-bond donors (Lipinski definition) is 1. The Bertz CT molecular complexity index is 597. The Morgan fingerprint density at radius 3 is 3.00 bits per heavy atom. The molecule has 20 heavy (non-hydrogen) atoms. The van der Waals surface area contributed by atoms with Crippen LogP contribution in [0.4, 0.5) is 0 Å². The molecule has 1 aliphatic rings. The lowest BCUT2D eigenvalue weighted by molar-refractivity contribution is 0.0514. The molecule has 0 radical (unpaired) electrons. The summed E-state index contributed by atoms with van der Waals surface area (Å²) < 4.78 is 11.4. The van der Waals surface area contributed by atoms with Crippen molar-refractivity contribution in [2.75, 3.05) is 20.2 Å². The van der Waals surface area contributed by atoms with Gasteiger partial charge in [-0.05, 0) is 12.1 Å². The lowest BCUT2D eigenvalue weighted by Gasteiger charge is -2.29. The van der Waals surface area contributed by atoms with Crippen LogP contribution in [-0.4, -0.2) is 47.1 Å². The number of imidazole rings is 1. The zero-order chi connectivity index (χ0) is 13.9. The van der Waals surface area contributed by atoms with Crippen molar-refractivity contribution in [3.05, 3.63) is 42.5 Å². The van der Waals surface area contributed by atoms with Crippen molar-refractivity contribution in [2.45, 2.75) is 6.10 Å². The van der Waals surface area contributed by atoms with E-state index in [1.165, 1.54) is 0 Å². The van der Waals surface area contributed by atoms with Crippen LogP contribution in [0.1, 0.15) is 10.6 Å². The second-order valence-electron chi connectivity index (χ2n) is 4.62. The van der Waals surface area contributed by atoms with Crippen molar-refractivity contribution < 1.29 is 14.3 Å². The van der Waals surface area contributed by atoms with Crippen LogP contribution < -0.4 is 9.47 Å². The van der Waals surface area contributed by atoms with Crippen molar-refractivity contribution in [1.82, 2.24) is 14.9 Å². The zero-order valence-electron chi connectivity index (χ0n) is 11.1. The van der Waals surface area contributed by atoms with E-state index < -0.39 is 0 Å². The molecule has 0 spiro atoms. The number of nitrogens with one attached hydrogen (secondary N) is 1. The van der Waals surface area contributed by atoms with Crippen LogP contribution in [0.15, 0.2) is 36.7 Å². The average Bonchev–Trinajstić information content (AvgIpc) is 3.00. The van der Waals surface area contributed by atoms with Gasteiger partial charge >= 0.3 is 0 Å². The van der Waals surface area contributed by atoms with Crippen LogP contribution in [-0.2, 0) is 0 Å². The van der Waals surface area contributed by atoms with Crippen molar-refractivity contribution in [3.63, 3.8) is 0 Å². The molecule has 0 bridgehead atoms. The fourth-order valence-electron chi connectivity index (χ4n) is 2.10. The number of carbonyl (C=O) groups is 1. The number of para-hydroxylation sites is 2. The Kier molecular flexibility index (Phi) is 3.28. The normalized spacial score (nSPS) is 16.8. The number of H-pyrrole nitrogens is 1. The van der Waals surface area contributed by atoms with E-state index in [4.69, 9.17) is 9.47 Å². The lowest BCUT2D eigenvalue weighted by atomic mass is 10.2. The third-order valence-corrected chi connectivity index (χ3v) is 3.09. The molecule has 1 aromatic heterocycles. The Morgan fingerprint density at radius 2 is 2.25 bits per heavy atom. The first-order valence-corrected chi connectivity index (χ1v) is 6.37. The van der Waals surface area contributed by atoms with E-state index in [1.807, 2.05) is 24.3 Å². The highest BCUT2D eigenvalue weighted by Gasteiger charge is 2.24. The number of benzene rings is 1. The topological polar surface area (TPSA) is 67.5 Å². The highest BCUT2D eigenvalue weighted by molar-refractivity contribution is 5.90. The molecule has 0 saturated carbocycles. The molecular weight excluding hydrogens is 258 g/mol. The number of nitrogens with zero attached hydrogens (tertiary/aromatic N) is 2. The molecule has 0 aliphatic carbocycles. The first-order chi connectivity index (χ1) is 9.74. The Balaban J connectivity index is 1.63. The first-order valence-electron chi connectivity index (χ1n) is 6.37. The van der Waals surface area contributed by atoms with E-state index in [2.05, 4.69) is 9.97 Å². The summed E-state index contributed by atoms with van der Waals surface area (Å²) in [5.74, 6) is 1.61. The second kappa shape index (κ2) is 5.24. The quantitative estimate of drug-likeness (QED) is 0.916. The summed E-state index contributed by atoms with van der Waals surface area (Å²) >= 11 is 0. The van der Waals surface area contributed by atoms with Crippen molar-refractivity contribution >= 4 is 5.91 Å². The number of rotatable bonds is 3. The molecule has 1 N–H and O–H groups in total. The minimum absolute atomic E-state index is 0.169. The number of amides is 1. The van der Waals surface area contributed by atoms with E-state index in [9.17, 15) is 4.79 Å². The lowest BCUT2D eigenvalue weighted by Crippen LogP contribution is -2.42. The number of hydrogen-bond acceptors (Lipinski definition) is 4. The van der Waals surface area contributed by atoms with Gasteiger partial charge in [-0.3, -0.25) is 4.79 Å². The number of likely N-dealkylation sites (N-methyl/N-ethyl adjacent to an activating group) is 1.